The summed E-state index contributed by atoms with van der Waals surface area (Å²) in [5.74, 6) is 0.0155. The predicted octanol–water partition coefficient (Wildman–Crippen LogP) is 1.35. The average Bonchev–Trinajstić information content (AvgIpc) is 3.10. The van der Waals surface area contributed by atoms with E-state index in [1.54, 1.807) is 7.05 Å². The number of sulfone groups is 1. The van der Waals surface area contributed by atoms with E-state index in [9.17, 15) is 12.8 Å². The Labute approximate surface area is 128 Å². The number of aromatic nitrogens is 3. The van der Waals surface area contributed by atoms with Gasteiger partial charge in [0.2, 0.25) is 15.0 Å². The van der Waals surface area contributed by atoms with Crippen molar-refractivity contribution in [2.75, 3.05) is 6.54 Å². The van der Waals surface area contributed by atoms with Crippen LogP contribution in [0.5, 0.6) is 0 Å². The summed E-state index contributed by atoms with van der Waals surface area (Å²) in [7, 11) is -1.97. The van der Waals surface area contributed by atoms with Gasteiger partial charge in [-0.1, -0.05) is 12.1 Å². The summed E-state index contributed by atoms with van der Waals surface area (Å²) in [5, 5.41) is 11.1. The van der Waals surface area contributed by atoms with Gasteiger partial charge in [-0.2, -0.15) is 0 Å². The fraction of sp³-hybridized carbons (Fsp3) is 0.429. The fourth-order valence-electron chi connectivity index (χ4n) is 2.67. The standard InChI is InChI=1S/C14H17FN4O2S/c1-19-13(12-3-2-8-16-12)17-18-14(19)22(20,21)9-10-4-6-11(15)7-5-10/h4-7,12,16H,2-3,8-9H2,1H3. The molecule has 0 spiro atoms. The first-order valence-corrected chi connectivity index (χ1v) is 8.72. The molecule has 0 aliphatic carbocycles. The van der Waals surface area contributed by atoms with Crippen LogP contribution in [0.25, 0.3) is 0 Å². The Bertz CT molecular complexity index is 765. The minimum absolute atomic E-state index is 0.0484. The van der Waals surface area contributed by atoms with Crippen LogP contribution in [0.4, 0.5) is 4.39 Å². The molecule has 8 heteroatoms. The Morgan fingerprint density at radius 2 is 2.05 bits per heavy atom. The van der Waals surface area contributed by atoms with Crippen molar-refractivity contribution in [1.82, 2.24) is 20.1 Å². The third-order valence-corrected chi connectivity index (χ3v) is 5.41. The van der Waals surface area contributed by atoms with E-state index in [-0.39, 0.29) is 17.0 Å². The Morgan fingerprint density at radius 3 is 2.68 bits per heavy atom. The molecular weight excluding hydrogens is 307 g/mol. The lowest BCUT2D eigenvalue weighted by Gasteiger charge is -2.10. The number of nitrogens with zero attached hydrogens (tertiary/aromatic N) is 3. The molecule has 0 saturated carbocycles. The highest BCUT2D eigenvalue weighted by Gasteiger charge is 2.28. The zero-order chi connectivity index (χ0) is 15.7. The Hall–Kier alpha value is -1.80. The number of halogens is 1. The van der Waals surface area contributed by atoms with Gasteiger partial charge in [-0.25, -0.2) is 12.8 Å². The van der Waals surface area contributed by atoms with E-state index in [0.29, 0.717) is 11.4 Å². The Morgan fingerprint density at radius 1 is 1.32 bits per heavy atom. The molecule has 1 unspecified atom stereocenters. The summed E-state index contributed by atoms with van der Waals surface area (Å²) in [5.41, 5.74) is 0.518. The molecule has 1 N–H and O–H groups in total. The highest BCUT2D eigenvalue weighted by molar-refractivity contribution is 7.90. The van der Waals surface area contributed by atoms with Crippen molar-refractivity contribution in [2.24, 2.45) is 7.05 Å². The molecule has 0 amide bonds. The molecule has 3 rings (SSSR count). The topological polar surface area (TPSA) is 76.9 Å². The highest BCUT2D eigenvalue weighted by atomic mass is 32.2. The minimum atomic E-state index is -3.63. The number of hydrogen-bond donors (Lipinski definition) is 1. The molecule has 1 aromatic carbocycles. The van der Waals surface area contributed by atoms with E-state index < -0.39 is 15.7 Å². The average molecular weight is 324 g/mol. The van der Waals surface area contributed by atoms with Crippen LogP contribution in [-0.4, -0.2) is 29.7 Å². The smallest absolute Gasteiger partial charge is 0.249 e. The van der Waals surface area contributed by atoms with Crippen LogP contribution < -0.4 is 5.32 Å². The summed E-state index contributed by atoms with van der Waals surface area (Å²) in [6.07, 6.45) is 1.96. The maximum Gasteiger partial charge on any atom is 0.249 e. The quantitative estimate of drug-likeness (QED) is 0.919. The normalized spacial score (nSPS) is 18.7. The van der Waals surface area contributed by atoms with Crippen molar-refractivity contribution < 1.29 is 12.8 Å². The lowest BCUT2D eigenvalue weighted by molar-refractivity contribution is 0.552. The van der Waals surface area contributed by atoms with Gasteiger partial charge in [-0.05, 0) is 37.1 Å². The highest BCUT2D eigenvalue weighted by Crippen LogP contribution is 2.23. The van der Waals surface area contributed by atoms with Crippen LogP contribution in [0.1, 0.15) is 30.3 Å². The summed E-state index contributed by atoms with van der Waals surface area (Å²) in [6, 6.07) is 5.46. The Balaban J connectivity index is 1.87. The van der Waals surface area contributed by atoms with Crippen molar-refractivity contribution >= 4 is 9.84 Å². The van der Waals surface area contributed by atoms with Gasteiger partial charge in [-0.15, -0.1) is 10.2 Å². The van der Waals surface area contributed by atoms with E-state index in [0.717, 1.165) is 19.4 Å². The van der Waals surface area contributed by atoms with Crippen molar-refractivity contribution in [3.63, 3.8) is 0 Å². The van der Waals surface area contributed by atoms with E-state index in [4.69, 9.17) is 0 Å². The molecule has 2 heterocycles. The SMILES string of the molecule is Cn1c(C2CCCN2)nnc1S(=O)(=O)Cc1ccc(F)cc1. The van der Waals surface area contributed by atoms with E-state index in [2.05, 4.69) is 15.5 Å². The zero-order valence-corrected chi connectivity index (χ0v) is 13.0. The van der Waals surface area contributed by atoms with Crippen molar-refractivity contribution in [3.05, 3.63) is 41.5 Å². The second kappa shape index (κ2) is 5.77. The van der Waals surface area contributed by atoms with Gasteiger partial charge < -0.3 is 9.88 Å². The number of rotatable bonds is 4. The van der Waals surface area contributed by atoms with E-state index >= 15 is 0 Å². The van der Waals surface area contributed by atoms with Gasteiger partial charge >= 0.3 is 0 Å². The first-order valence-electron chi connectivity index (χ1n) is 7.07. The largest absolute Gasteiger partial charge is 0.307 e. The summed E-state index contributed by atoms with van der Waals surface area (Å²) in [4.78, 5) is 0. The predicted molar refractivity (Wildman–Crippen MR) is 78.3 cm³/mol. The molecule has 0 radical (unpaired) electrons. The monoisotopic (exact) mass is 324 g/mol. The zero-order valence-electron chi connectivity index (χ0n) is 12.2. The number of nitrogens with one attached hydrogen (secondary N) is 1. The molecule has 0 bridgehead atoms. The van der Waals surface area contributed by atoms with Crippen LogP contribution in [0.2, 0.25) is 0 Å². The van der Waals surface area contributed by atoms with Crippen LogP contribution in [0.15, 0.2) is 29.4 Å². The molecule has 118 valence electrons. The van der Waals surface area contributed by atoms with Gasteiger partial charge in [0.25, 0.3) is 0 Å². The van der Waals surface area contributed by atoms with Crippen molar-refractivity contribution in [3.8, 4) is 0 Å². The molecule has 1 aliphatic rings. The third kappa shape index (κ3) is 2.89. The van der Waals surface area contributed by atoms with Crippen LogP contribution >= 0.6 is 0 Å². The second-order valence-corrected chi connectivity index (χ2v) is 7.32. The molecule has 1 aliphatic heterocycles. The molecule has 1 aromatic heterocycles. The fourth-order valence-corrected chi connectivity index (χ4v) is 4.11. The second-order valence-electron chi connectivity index (χ2n) is 5.43. The van der Waals surface area contributed by atoms with Crippen molar-refractivity contribution in [1.29, 1.82) is 0 Å². The molecule has 1 saturated heterocycles. The van der Waals surface area contributed by atoms with E-state index in [1.165, 1.54) is 28.8 Å². The lowest BCUT2D eigenvalue weighted by atomic mass is 10.2. The molecule has 2 aromatic rings. The number of benzene rings is 1. The molecule has 1 fully saturated rings. The summed E-state index contributed by atoms with van der Waals surface area (Å²) < 4.78 is 39.4. The van der Waals surface area contributed by atoms with Gasteiger partial charge in [0.1, 0.15) is 5.82 Å². The molecule has 22 heavy (non-hydrogen) atoms. The van der Waals surface area contributed by atoms with Crippen LogP contribution in [0, 0.1) is 5.82 Å². The lowest BCUT2D eigenvalue weighted by Crippen LogP contribution is -2.18. The van der Waals surface area contributed by atoms with Gasteiger partial charge in [-0.3, -0.25) is 0 Å². The van der Waals surface area contributed by atoms with Crippen LogP contribution in [0.3, 0.4) is 0 Å². The minimum Gasteiger partial charge on any atom is -0.307 e. The summed E-state index contributed by atoms with van der Waals surface area (Å²) >= 11 is 0. The van der Waals surface area contributed by atoms with Crippen LogP contribution in [-0.2, 0) is 22.6 Å². The molecule has 1 atom stereocenters. The Kier molecular flexibility index (Phi) is 3.96. The summed E-state index contributed by atoms with van der Waals surface area (Å²) in [6.45, 7) is 0.898. The molecule has 6 nitrogen and oxygen atoms in total. The number of hydrogen-bond acceptors (Lipinski definition) is 5. The van der Waals surface area contributed by atoms with Gasteiger partial charge in [0.05, 0.1) is 11.8 Å². The van der Waals surface area contributed by atoms with E-state index in [1.807, 2.05) is 0 Å². The maximum atomic E-state index is 12.9. The maximum absolute atomic E-state index is 12.9. The van der Waals surface area contributed by atoms with Gasteiger partial charge in [0.15, 0.2) is 5.82 Å². The first kappa shape index (κ1) is 15.1. The van der Waals surface area contributed by atoms with Gasteiger partial charge in [0, 0.05) is 7.05 Å². The third-order valence-electron chi connectivity index (χ3n) is 3.79. The first-order chi connectivity index (χ1) is 10.5. The van der Waals surface area contributed by atoms with Crippen molar-refractivity contribution in [2.45, 2.75) is 29.8 Å². The molecular formula is C14H17FN4O2S.